The maximum Gasteiger partial charge on any atom is 0.274 e. The lowest BCUT2D eigenvalue weighted by atomic mass is 10.00. The Balaban J connectivity index is 1.50. The Labute approximate surface area is 185 Å². The molecular weight excluding hydrogens is 404 g/mol. The van der Waals surface area contributed by atoms with Crippen molar-refractivity contribution in [1.82, 2.24) is 24.6 Å². The van der Waals surface area contributed by atoms with Crippen LogP contribution in [0.25, 0.3) is 16.8 Å². The lowest BCUT2D eigenvalue weighted by Crippen LogP contribution is -2.33. The number of aromatic nitrogens is 5. The predicted octanol–water partition coefficient (Wildman–Crippen LogP) is 2.87. The van der Waals surface area contributed by atoms with Gasteiger partial charge in [0.05, 0.1) is 12.3 Å². The highest BCUT2D eigenvalue weighted by atomic mass is 16.5. The zero-order valence-corrected chi connectivity index (χ0v) is 18.4. The van der Waals surface area contributed by atoms with Crippen molar-refractivity contribution in [3.05, 3.63) is 81.3 Å². The van der Waals surface area contributed by atoms with Gasteiger partial charge in [-0.2, -0.15) is 4.52 Å². The molecule has 0 saturated carbocycles. The van der Waals surface area contributed by atoms with Gasteiger partial charge in [-0.15, -0.1) is 5.10 Å². The fourth-order valence-corrected chi connectivity index (χ4v) is 4.19. The summed E-state index contributed by atoms with van der Waals surface area (Å²) in [7, 11) is 1.58. The minimum absolute atomic E-state index is 0.210. The molecule has 1 aliphatic rings. The summed E-state index contributed by atoms with van der Waals surface area (Å²) in [6, 6.07) is 9.65. The van der Waals surface area contributed by atoms with Crippen LogP contribution in [-0.4, -0.2) is 38.2 Å². The molecule has 0 bridgehead atoms. The minimum atomic E-state index is -0.210. The normalized spacial score (nSPS) is 13.4. The Bertz CT molecular complexity index is 1380. The molecule has 162 valence electrons. The predicted molar refractivity (Wildman–Crippen MR) is 122 cm³/mol. The summed E-state index contributed by atoms with van der Waals surface area (Å²) < 4.78 is 6.48. The van der Waals surface area contributed by atoms with E-state index in [0.717, 1.165) is 46.9 Å². The molecule has 0 aliphatic carbocycles. The Morgan fingerprint density at radius 3 is 2.78 bits per heavy atom. The van der Waals surface area contributed by atoms with Gasteiger partial charge in [0, 0.05) is 62.0 Å². The van der Waals surface area contributed by atoms with Crippen LogP contribution in [0.5, 0.6) is 0 Å². The fraction of sp³-hybridized carbons (Fsp3) is 0.292. The van der Waals surface area contributed by atoms with Crippen LogP contribution in [-0.2, 0) is 24.3 Å². The van der Waals surface area contributed by atoms with Crippen LogP contribution < -0.4 is 10.5 Å². The highest BCUT2D eigenvalue weighted by Gasteiger charge is 2.22. The SMILES string of the molecule is COCc1cc(=O)n2nc(N3CCc4ncc(-c5ccnc(C)c5)cc4C3)c(C)cc2n1. The third-order valence-corrected chi connectivity index (χ3v) is 5.73. The molecule has 1 aliphatic heterocycles. The van der Waals surface area contributed by atoms with E-state index in [2.05, 4.69) is 32.1 Å². The number of ether oxygens (including phenoxy) is 1. The number of hydrogen-bond donors (Lipinski definition) is 0. The molecule has 8 heteroatoms. The summed E-state index contributed by atoms with van der Waals surface area (Å²) in [5.41, 5.74) is 7.33. The van der Waals surface area contributed by atoms with E-state index in [0.29, 0.717) is 24.5 Å². The van der Waals surface area contributed by atoms with Gasteiger partial charge in [-0.05, 0) is 54.8 Å². The van der Waals surface area contributed by atoms with Crippen LogP contribution in [0.2, 0.25) is 0 Å². The first-order chi connectivity index (χ1) is 15.5. The van der Waals surface area contributed by atoms with E-state index in [1.54, 1.807) is 7.11 Å². The van der Waals surface area contributed by atoms with Gasteiger partial charge in [0.15, 0.2) is 11.5 Å². The molecule has 0 unspecified atom stereocenters. The van der Waals surface area contributed by atoms with Crippen LogP contribution in [0.15, 0.2) is 47.5 Å². The van der Waals surface area contributed by atoms with Crippen molar-refractivity contribution in [3.8, 4) is 11.1 Å². The van der Waals surface area contributed by atoms with Gasteiger partial charge in [0.25, 0.3) is 5.56 Å². The van der Waals surface area contributed by atoms with Gasteiger partial charge in [-0.25, -0.2) is 4.98 Å². The minimum Gasteiger partial charge on any atom is -0.378 e. The summed E-state index contributed by atoms with van der Waals surface area (Å²) >= 11 is 0. The lowest BCUT2D eigenvalue weighted by Gasteiger charge is -2.30. The maximum atomic E-state index is 12.6. The van der Waals surface area contributed by atoms with E-state index in [1.807, 2.05) is 38.4 Å². The third kappa shape index (κ3) is 3.73. The Morgan fingerprint density at radius 1 is 1.09 bits per heavy atom. The van der Waals surface area contributed by atoms with Gasteiger partial charge in [-0.1, -0.05) is 0 Å². The Kier molecular flexibility index (Phi) is 5.14. The summed E-state index contributed by atoms with van der Waals surface area (Å²) in [6.07, 6.45) is 4.58. The smallest absolute Gasteiger partial charge is 0.274 e. The van der Waals surface area contributed by atoms with Crippen molar-refractivity contribution >= 4 is 11.5 Å². The average Bonchev–Trinajstić information content (AvgIpc) is 2.78. The van der Waals surface area contributed by atoms with Crippen LogP contribution in [0, 0.1) is 13.8 Å². The van der Waals surface area contributed by atoms with E-state index < -0.39 is 0 Å². The number of nitrogens with zero attached hydrogens (tertiary/aromatic N) is 6. The number of aryl methyl sites for hydroxylation is 2. The standard InChI is InChI=1S/C24H24N6O2/c1-15-8-22-27-20(14-32-3)11-23(31)30(22)28-24(15)29-7-5-21-19(13-29)10-18(12-26-21)17-4-6-25-16(2)9-17/h4,6,8-12H,5,7,13-14H2,1-3H3. The topological polar surface area (TPSA) is 85.5 Å². The molecule has 4 aromatic rings. The van der Waals surface area contributed by atoms with E-state index in [1.165, 1.54) is 16.1 Å². The van der Waals surface area contributed by atoms with Crippen LogP contribution >= 0.6 is 0 Å². The second-order valence-corrected chi connectivity index (χ2v) is 8.13. The molecule has 32 heavy (non-hydrogen) atoms. The quantitative estimate of drug-likeness (QED) is 0.494. The van der Waals surface area contributed by atoms with Crippen LogP contribution in [0.4, 0.5) is 5.82 Å². The number of rotatable bonds is 4. The Hall–Kier alpha value is -3.65. The maximum absolute atomic E-state index is 12.6. The van der Waals surface area contributed by atoms with E-state index in [-0.39, 0.29) is 5.56 Å². The van der Waals surface area contributed by atoms with Crippen molar-refractivity contribution in [2.45, 2.75) is 33.4 Å². The summed E-state index contributed by atoms with van der Waals surface area (Å²) in [6.45, 7) is 5.75. The molecule has 5 heterocycles. The van der Waals surface area contributed by atoms with Gasteiger partial charge >= 0.3 is 0 Å². The highest BCUT2D eigenvalue weighted by molar-refractivity contribution is 5.64. The summed E-state index contributed by atoms with van der Waals surface area (Å²) in [5, 5.41) is 4.66. The van der Waals surface area contributed by atoms with E-state index >= 15 is 0 Å². The molecule has 0 spiro atoms. The highest BCUT2D eigenvalue weighted by Crippen LogP contribution is 2.28. The molecular formula is C24H24N6O2. The first-order valence-corrected chi connectivity index (χ1v) is 10.6. The first-order valence-electron chi connectivity index (χ1n) is 10.6. The third-order valence-electron chi connectivity index (χ3n) is 5.73. The number of hydrogen-bond acceptors (Lipinski definition) is 7. The second-order valence-electron chi connectivity index (χ2n) is 8.13. The number of methoxy groups -OCH3 is 1. The molecule has 4 aromatic heterocycles. The van der Waals surface area contributed by atoms with Crippen molar-refractivity contribution in [2.75, 3.05) is 18.6 Å². The molecule has 0 fully saturated rings. The molecule has 0 amide bonds. The van der Waals surface area contributed by atoms with Gasteiger partial charge in [0.1, 0.15) is 0 Å². The van der Waals surface area contributed by atoms with Gasteiger partial charge < -0.3 is 9.64 Å². The summed E-state index contributed by atoms with van der Waals surface area (Å²) in [5.74, 6) is 0.789. The molecule has 0 atom stereocenters. The van der Waals surface area contributed by atoms with E-state index in [9.17, 15) is 4.79 Å². The zero-order chi connectivity index (χ0) is 22.2. The van der Waals surface area contributed by atoms with Crippen molar-refractivity contribution < 1.29 is 4.74 Å². The van der Waals surface area contributed by atoms with Gasteiger partial charge in [-0.3, -0.25) is 14.8 Å². The van der Waals surface area contributed by atoms with Crippen molar-refractivity contribution in [3.63, 3.8) is 0 Å². The van der Waals surface area contributed by atoms with Gasteiger partial charge in [0.2, 0.25) is 0 Å². The number of fused-ring (bicyclic) bond motifs is 2. The lowest BCUT2D eigenvalue weighted by molar-refractivity contribution is 0.181. The zero-order valence-electron chi connectivity index (χ0n) is 18.4. The molecule has 8 nitrogen and oxygen atoms in total. The van der Waals surface area contributed by atoms with Crippen LogP contribution in [0.3, 0.4) is 0 Å². The average molecular weight is 428 g/mol. The second kappa shape index (κ2) is 8.12. The molecule has 0 radical (unpaired) electrons. The largest absolute Gasteiger partial charge is 0.378 e. The monoisotopic (exact) mass is 428 g/mol. The Morgan fingerprint density at radius 2 is 1.97 bits per heavy atom. The van der Waals surface area contributed by atoms with Crippen LogP contribution in [0.1, 0.15) is 28.2 Å². The number of pyridine rings is 2. The molecule has 5 rings (SSSR count). The first kappa shape index (κ1) is 20.3. The fourth-order valence-electron chi connectivity index (χ4n) is 4.19. The van der Waals surface area contributed by atoms with Crippen molar-refractivity contribution in [2.24, 2.45) is 0 Å². The molecule has 0 saturated heterocycles. The van der Waals surface area contributed by atoms with E-state index in [4.69, 9.17) is 9.72 Å². The molecule has 0 aromatic carbocycles. The summed E-state index contributed by atoms with van der Waals surface area (Å²) in [4.78, 5) is 28.3. The number of anilines is 1. The molecule has 0 N–H and O–H groups in total. The van der Waals surface area contributed by atoms with Crippen molar-refractivity contribution in [1.29, 1.82) is 0 Å².